The van der Waals surface area contributed by atoms with Crippen LogP contribution in [-0.2, 0) is 0 Å². The van der Waals surface area contributed by atoms with Gasteiger partial charge >= 0.3 is 0 Å². The lowest BCUT2D eigenvalue weighted by Crippen LogP contribution is -2.54. The molecule has 0 aromatic heterocycles. The van der Waals surface area contributed by atoms with E-state index in [1.54, 1.807) is 0 Å². The minimum absolute atomic E-state index is 0.273. The predicted octanol–water partition coefficient (Wildman–Crippen LogP) is 0.436. The van der Waals surface area contributed by atoms with Crippen molar-refractivity contribution >= 4 is 0 Å². The largest absolute Gasteiger partial charge is 0.329 e. The molecule has 2 atom stereocenters. The molecule has 2 aliphatic rings. The summed E-state index contributed by atoms with van der Waals surface area (Å²) in [6, 6.07) is 0.717. The second-order valence-electron chi connectivity index (χ2n) is 6.44. The fourth-order valence-corrected chi connectivity index (χ4v) is 3.56. The van der Waals surface area contributed by atoms with Crippen LogP contribution in [0.15, 0.2) is 0 Å². The van der Waals surface area contributed by atoms with E-state index in [2.05, 4.69) is 35.8 Å². The fraction of sp³-hybridized carbons (Fsp3) is 1.00. The summed E-state index contributed by atoms with van der Waals surface area (Å²) in [6.07, 6.45) is 5.09. The van der Waals surface area contributed by atoms with Crippen molar-refractivity contribution in [3.05, 3.63) is 0 Å². The third kappa shape index (κ3) is 2.87. The lowest BCUT2D eigenvalue weighted by atomic mass is 9.88. The van der Waals surface area contributed by atoms with Gasteiger partial charge in [-0.25, -0.2) is 0 Å². The first-order valence-corrected chi connectivity index (χ1v) is 7.37. The van der Waals surface area contributed by atoms with E-state index in [1.807, 2.05) is 0 Å². The topological polar surface area (TPSA) is 35.7 Å². The summed E-state index contributed by atoms with van der Waals surface area (Å²) in [5.74, 6) is 0. The molecular formula is C14H30N4. The van der Waals surface area contributed by atoms with Gasteiger partial charge in [-0.2, -0.15) is 0 Å². The van der Waals surface area contributed by atoms with E-state index >= 15 is 0 Å². The van der Waals surface area contributed by atoms with Gasteiger partial charge in [0.25, 0.3) is 0 Å². The number of hydrogen-bond acceptors (Lipinski definition) is 4. The van der Waals surface area contributed by atoms with E-state index in [-0.39, 0.29) is 5.54 Å². The molecule has 2 rings (SSSR count). The Morgan fingerprint density at radius 2 is 2.00 bits per heavy atom. The Hall–Kier alpha value is -0.160. The van der Waals surface area contributed by atoms with Gasteiger partial charge in [0.1, 0.15) is 0 Å². The number of hydrogen-bond donors (Lipinski definition) is 1. The average molecular weight is 254 g/mol. The van der Waals surface area contributed by atoms with Crippen LogP contribution in [0.2, 0.25) is 0 Å². The van der Waals surface area contributed by atoms with Crippen molar-refractivity contribution in [3.63, 3.8) is 0 Å². The van der Waals surface area contributed by atoms with Crippen LogP contribution in [0.25, 0.3) is 0 Å². The highest BCUT2D eigenvalue weighted by Crippen LogP contribution is 2.31. The molecule has 0 aliphatic carbocycles. The van der Waals surface area contributed by atoms with E-state index < -0.39 is 0 Å². The van der Waals surface area contributed by atoms with Crippen molar-refractivity contribution in [2.75, 3.05) is 53.9 Å². The van der Waals surface area contributed by atoms with E-state index in [4.69, 9.17) is 5.73 Å². The summed E-state index contributed by atoms with van der Waals surface area (Å²) in [6.45, 7) is 5.67. The SMILES string of the molecule is CN1CCCC(CN)(N2CCC(N(C)C)C2)CC1. The average Bonchev–Trinajstić information content (AvgIpc) is 2.76. The molecule has 0 aromatic rings. The molecule has 2 fully saturated rings. The Labute approximate surface area is 112 Å². The molecule has 106 valence electrons. The van der Waals surface area contributed by atoms with Gasteiger partial charge in [0.15, 0.2) is 0 Å². The molecule has 0 radical (unpaired) electrons. The molecule has 0 saturated carbocycles. The molecule has 4 nitrogen and oxygen atoms in total. The van der Waals surface area contributed by atoms with E-state index in [0.717, 1.165) is 12.6 Å². The first kappa shape index (κ1) is 14.3. The number of nitrogens with two attached hydrogens (primary N) is 1. The van der Waals surface area contributed by atoms with Crippen LogP contribution in [0.4, 0.5) is 0 Å². The fourth-order valence-electron chi connectivity index (χ4n) is 3.56. The van der Waals surface area contributed by atoms with Crippen molar-refractivity contribution in [1.29, 1.82) is 0 Å². The standard InChI is InChI=1S/C14H30N4/c1-16(2)13-5-9-18(11-13)14(12-15)6-4-8-17(3)10-7-14/h13H,4-12,15H2,1-3H3. The first-order valence-electron chi connectivity index (χ1n) is 7.37. The molecule has 2 N–H and O–H groups in total. The Balaban J connectivity index is 2.03. The minimum Gasteiger partial charge on any atom is -0.329 e. The van der Waals surface area contributed by atoms with Crippen LogP contribution in [-0.4, -0.2) is 80.1 Å². The second kappa shape index (κ2) is 5.87. The Morgan fingerprint density at radius 1 is 1.22 bits per heavy atom. The minimum atomic E-state index is 0.273. The van der Waals surface area contributed by atoms with Crippen LogP contribution in [0, 0.1) is 0 Å². The van der Waals surface area contributed by atoms with Gasteiger partial charge in [0.2, 0.25) is 0 Å². The van der Waals surface area contributed by atoms with Crippen LogP contribution in [0.5, 0.6) is 0 Å². The summed E-state index contributed by atoms with van der Waals surface area (Å²) >= 11 is 0. The normalized spacial score (nSPS) is 36.2. The van der Waals surface area contributed by atoms with E-state index in [1.165, 1.54) is 51.9 Å². The van der Waals surface area contributed by atoms with E-state index in [9.17, 15) is 0 Å². The molecule has 4 heteroatoms. The zero-order chi connectivity index (χ0) is 13.2. The van der Waals surface area contributed by atoms with Crippen molar-refractivity contribution in [2.45, 2.75) is 37.3 Å². The quantitative estimate of drug-likeness (QED) is 0.792. The van der Waals surface area contributed by atoms with Gasteiger partial charge in [-0.3, -0.25) is 4.90 Å². The number of likely N-dealkylation sites (tertiary alicyclic amines) is 2. The molecule has 0 bridgehead atoms. The third-order valence-electron chi connectivity index (χ3n) is 5.09. The van der Waals surface area contributed by atoms with Gasteiger partial charge in [0.05, 0.1) is 0 Å². The predicted molar refractivity (Wildman–Crippen MR) is 76.8 cm³/mol. The maximum atomic E-state index is 6.18. The van der Waals surface area contributed by atoms with Crippen molar-refractivity contribution in [3.8, 4) is 0 Å². The molecule has 2 saturated heterocycles. The highest BCUT2D eigenvalue weighted by Gasteiger charge is 2.40. The lowest BCUT2D eigenvalue weighted by molar-refractivity contribution is 0.0976. The zero-order valence-corrected chi connectivity index (χ0v) is 12.4. The third-order valence-corrected chi connectivity index (χ3v) is 5.09. The van der Waals surface area contributed by atoms with Crippen LogP contribution in [0.3, 0.4) is 0 Å². The summed E-state index contributed by atoms with van der Waals surface area (Å²) in [7, 11) is 6.63. The summed E-state index contributed by atoms with van der Waals surface area (Å²) in [4.78, 5) is 7.51. The molecule has 0 spiro atoms. The second-order valence-corrected chi connectivity index (χ2v) is 6.44. The molecule has 0 aromatic carbocycles. The van der Waals surface area contributed by atoms with Gasteiger partial charge < -0.3 is 15.5 Å². The molecular weight excluding hydrogens is 224 g/mol. The molecule has 18 heavy (non-hydrogen) atoms. The Morgan fingerprint density at radius 3 is 2.61 bits per heavy atom. The number of nitrogens with zero attached hydrogens (tertiary/aromatic N) is 3. The zero-order valence-electron chi connectivity index (χ0n) is 12.4. The van der Waals surface area contributed by atoms with Crippen LogP contribution >= 0.6 is 0 Å². The summed E-state index contributed by atoms with van der Waals surface area (Å²) in [5, 5.41) is 0. The van der Waals surface area contributed by atoms with Crippen molar-refractivity contribution in [1.82, 2.24) is 14.7 Å². The maximum Gasteiger partial charge on any atom is 0.0345 e. The van der Waals surface area contributed by atoms with Crippen LogP contribution in [0.1, 0.15) is 25.7 Å². The molecule has 2 unspecified atom stereocenters. The van der Waals surface area contributed by atoms with Crippen LogP contribution < -0.4 is 5.73 Å². The van der Waals surface area contributed by atoms with Crippen molar-refractivity contribution in [2.24, 2.45) is 5.73 Å². The smallest absolute Gasteiger partial charge is 0.0345 e. The van der Waals surface area contributed by atoms with Gasteiger partial charge in [-0.1, -0.05) is 0 Å². The van der Waals surface area contributed by atoms with Gasteiger partial charge in [0, 0.05) is 31.2 Å². The molecule has 0 amide bonds. The molecule has 2 heterocycles. The van der Waals surface area contributed by atoms with Gasteiger partial charge in [-0.15, -0.1) is 0 Å². The monoisotopic (exact) mass is 254 g/mol. The Kier molecular flexibility index (Phi) is 4.64. The highest BCUT2D eigenvalue weighted by molar-refractivity contribution is 4.98. The summed E-state index contributed by atoms with van der Waals surface area (Å²) in [5.41, 5.74) is 6.45. The summed E-state index contributed by atoms with van der Waals surface area (Å²) < 4.78 is 0. The maximum absolute atomic E-state index is 6.18. The van der Waals surface area contributed by atoms with Crippen molar-refractivity contribution < 1.29 is 0 Å². The molecule has 2 aliphatic heterocycles. The van der Waals surface area contributed by atoms with Gasteiger partial charge in [-0.05, 0) is 59.9 Å². The number of likely N-dealkylation sites (N-methyl/N-ethyl adjacent to an activating group) is 1. The lowest BCUT2D eigenvalue weighted by Gasteiger charge is -2.41. The highest BCUT2D eigenvalue weighted by atomic mass is 15.3. The number of rotatable bonds is 3. The Bertz CT molecular complexity index is 269. The first-order chi connectivity index (χ1) is 8.57. The van der Waals surface area contributed by atoms with E-state index in [0.29, 0.717) is 0 Å².